The maximum atomic E-state index is 11.8. The van der Waals surface area contributed by atoms with Crippen LogP contribution < -0.4 is 10.7 Å². The van der Waals surface area contributed by atoms with Crippen molar-refractivity contribution in [1.82, 2.24) is 5.43 Å². The Kier molecular flexibility index (Phi) is 6.21. The molecule has 4 nitrogen and oxygen atoms in total. The van der Waals surface area contributed by atoms with E-state index in [9.17, 15) is 4.79 Å². The third-order valence-electron chi connectivity index (χ3n) is 2.91. The first kappa shape index (κ1) is 16.8. The van der Waals surface area contributed by atoms with Crippen molar-refractivity contribution in [3.8, 4) is 0 Å². The quantitative estimate of drug-likeness (QED) is 0.432. The highest BCUT2D eigenvalue weighted by Crippen LogP contribution is 2.11. The summed E-state index contributed by atoms with van der Waals surface area (Å²) in [5.41, 5.74) is 5.06. The number of nitrogens with one attached hydrogen (secondary N) is 2. The van der Waals surface area contributed by atoms with E-state index in [-0.39, 0.29) is 12.5 Å². The summed E-state index contributed by atoms with van der Waals surface area (Å²) in [4.78, 5) is 11.8. The van der Waals surface area contributed by atoms with E-state index >= 15 is 0 Å². The molecule has 2 aromatic carbocycles. The van der Waals surface area contributed by atoms with E-state index in [1.165, 1.54) is 0 Å². The van der Waals surface area contributed by atoms with Gasteiger partial charge in [-0.15, -0.1) is 0 Å². The lowest BCUT2D eigenvalue weighted by atomic mass is 10.1. The van der Waals surface area contributed by atoms with Crippen molar-refractivity contribution in [3.05, 3.63) is 62.7 Å². The number of carbonyl (C=O) groups excluding carboxylic acids is 1. The van der Waals surface area contributed by atoms with Crippen molar-refractivity contribution >= 4 is 51.5 Å². The summed E-state index contributed by atoms with van der Waals surface area (Å²) in [5, 5.41) is 7.79. The van der Waals surface area contributed by atoms with Crippen molar-refractivity contribution in [1.29, 1.82) is 0 Å². The van der Waals surface area contributed by atoms with E-state index in [0.29, 0.717) is 5.02 Å². The van der Waals surface area contributed by atoms with E-state index < -0.39 is 0 Å². The van der Waals surface area contributed by atoms with Gasteiger partial charge in [0.05, 0.1) is 12.3 Å². The number of hydrazone groups is 1. The van der Waals surface area contributed by atoms with Gasteiger partial charge in [-0.1, -0.05) is 23.7 Å². The molecule has 2 rings (SSSR count). The van der Waals surface area contributed by atoms with Gasteiger partial charge < -0.3 is 5.32 Å². The van der Waals surface area contributed by atoms with Gasteiger partial charge in [0.1, 0.15) is 0 Å². The van der Waals surface area contributed by atoms with E-state index in [4.69, 9.17) is 11.6 Å². The Balaban J connectivity index is 1.85. The highest BCUT2D eigenvalue weighted by molar-refractivity contribution is 14.1. The first-order valence-corrected chi connectivity index (χ1v) is 8.09. The molecule has 0 saturated heterocycles. The fraction of sp³-hybridized carbons (Fsp3) is 0.125. The average Bonchev–Trinajstić information content (AvgIpc) is 2.52. The topological polar surface area (TPSA) is 53.5 Å². The summed E-state index contributed by atoms with van der Waals surface area (Å²) in [6, 6.07) is 15.1. The normalized spacial score (nSPS) is 11.1. The summed E-state index contributed by atoms with van der Waals surface area (Å²) in [5.74, 6) is -0.202. The molecule has 2 aromatic rings. The Morgan fingerprint density at radius 2 is 1.77 bits per heavy atom. The number of benzene rings is 2. The van der Waals surface area contributed by atoms with Crippen LogP contribution in [0.3, 0.4) is 0 Å². The molecule has 114 valence electrons. The lowest BCUT2D eigenvalue weighted by Crippen LogP contribution is -2.26. The first-order chi connectivity index (χ1) is 10.5. The molecular weight excluding hydrogens is 413 g/mol. The van der Waals surface area contributed by atoms with Crippen LogP contribution in [0.4, 0.5) is 5.69 Å². The number of hydrogen-bond donors (Lipinski definition) is 2. The molecule has 0 saturated carbocycles. The van der Waals surface area contributed by atoms with Crippen LogP contribution in [0.25, 0.3) is 0 Å². The fourth-order valence-electron chi connectivity index (χ4n) is 1.69. The Morgan fingerprint density at radius 1 is 1.14 bits per heavy atom. The second-order valence-electron chi connectivity index (χ2n) is 4.60. The molecule has 0 aliphatic carbocycles. The van der Waals surface area contributed by atoms with Crippen molar-refractivity contribution < 1.29 is 4.79 Å². The van der Waals surface area contributed by atoms with Crippen LogP contribution in [0.1, 0.15) is 12.5 Å². The second kappa shape index (κ2) is 8.14. The molecule has 0 aromatic heterocycles. The molecule has 1 amide bonds. The largest absolute Gasteiger partial charge is 0.376 e. The molecule has 0 fully saturated rings. The molecule has 6 heteroatoms. The predicted molar refractivity (Wildman–Crippen MR) is 99.5 cm³/mol. The zero-order valence-corrected chi connectivity index (χ0v) is 14.9. The van der Waals surface area contributed by atoms with Gasteiger partial charge in [-0.05, 0) is 71.5 Å². The van der Waals surface area contributed by atoms with Gasteiger partial charge in [0, 0.05) is 14.3 Å². The number of amides is 1. The van der Waals surface area contributed by atoms with E-state index in [2.05, 4.69) is 38.4 Å². The van der Waals surface area contributed by atoms with Gasteiger partial charge in [-0.25, -0.2) is 5.43 Å². The van der Waals surface area contributed by atoms with Gasteiger partial charge in [0.25, 0.3) is 5.91 Å². The van der Waals surface area contributed by atoms with E-state index in [0.717, 1.165) is 20.5 Å². The van der Waals surface area contributed by atoms with Crippen molar-refractivity contribution in [2.24, 2.45) is 5.10 Å². The average molecular weight is 428 g/mol. The number of anilines is 1. The Labute approximate surface area is 148 Å². The highest BCUT2D eigenvalue weighted by Gasteiger charge is 2.02. The third-order valence-corrected chi connectivity index (χ3v) is 3.88. The molecule has 0 aliphatic heterocycles. The Morgan fingerprint density at radius 3 is 2.41 bits per heavy atom. The number of nitrogens with zero attached hydrogens (tertiary/aromatic N) is 1. The molecule has 22 heavy (non-hydrogen) atoms. The van der Waals surface area contributed by atoms with Crippen LogP contribution in [-0.2, 0) is 4.79 Å². The number of carbonyl (C=O) groups is 1. The van der Waals surface area contributed by atoms with Gasteiger partial charge in [0.2, 0.25) is 0 Å². The molecule has 2 N–H and O–H groups in total. The molecule has 0 radical (unpaired) electrons. The standard InChI is InChI=1S/C16H15ClIN3O/c1-11(12-2-4-13(17)5-3-12)20-21-16(22)10-19-15-8-6-14(18)7-9-15/h2-9,19H,10H2,1H3,(H,21,22)/b20-11-. The van der Waals surface area contributed by atoms with Crippen molar-refractivity contribution in [3.63, 3.8) is 0 Å². The van der Waals surface area contributed by atoms with Gasteiger partial charge in [0.15, 0.2) is 0 Å². The minimum atomic E-state index is -0.202. The first-order valence-electron chi connectivity index (χ1n) is 6.63. The smallest absolute Gasteiger partial charge is 0.259 e. The number of rotatable bonds is 5. The minimum absolute atomic E-state index is 0.165. The molecule has 0 spiro atoms. The maximum absolute atomic E-state index is 11.8. The summed E-state index contributed by atoms with van der Waals surface area (Å²) < 4.78 is 1.15. The fourth-order valence-corrected chi connectivity index (χ4v) is 2.18. The lowest BCUT2D eigenvalue weighted by molar-refractivity contribution is -0.119. The summed E-state index contributed by atoms with van der Waals surface area (Å²) in [6.07, 6.45) is 0. The summed E-state index contributed by atoms with van der Waals surface area (Å²) in [7, 11) is 0. The highest BCUT2D eigenvalue weighted by atomic mass is 127. The summed E-state index contributed by atoms with van der Waals surface area (Å²) in [6.45, 7) is 1.99. The SMILES string of the molecule is C/C(=N/NC(=O)CNc1ccc(I)cc1)c1ccc(Cl)cc1. The Bertz CT molecular complexity index is 669. The van der Waals surface area contributed by atoms with Gasteiger partial charge in [-0.2, -0.15) is 5.10 Å². The minimum Gasteiger partial charge on any atom is -0.376 e. The monoisotopic (exact) mass is 427 g/mol. The van der Waals surface area contributed by atoms with Crippen LogP contribution in [0, 0.1) is 3.57 Å². The second-order valence-corrected chi connectivity index (χ2v) is 6.28. The van der Waals surface area contributed by atoms with Crippen LogP contribution >= 0.6 is 34.2 Å². The van der Waals surface area contributed by atoms with Crippen LogP contribution in [-0.4, -0.2) is 18.2 Å². The van der Waals surface area contributed by atoms with Crippen LogP contribution in [0.15, 0.2) is 53.6 Å². The summed E-state index contributed by atoms with van der Waals surface area (Å²) >= 11 is 8.07. The molecular formula is C16H15ClIN3O. The van der Waals surface area contributed by atoms with E-state index in [1.807, 2.05) is 43.3 Å². The third kappa shape index (κ3) is 5.31. The molecule has 0 bridgehead atoms. The molecule has 0 heterocycles. The number of halogens is 2. The number of hydrogen-bond acceptors (Lipinski definition) is 3. The van der Waals surface area contributed by atoms with E-state index in [1.54, 1.807) is 12.1 Å². The zero-order chi connectivity index (χ0) is 15.9. The van der Waals surface area contributed by atoms with Crippen LogP contribution in [0.2, 0.25) is 5.02 Å². The van der Waals surface area contributed by atoms with Gasteiger partial charge in [-0.3, -0.25) is 4.79 Å². The Hall–Kier alpha value is -1.60. The van der Waals surface area contributed by atoms with Crippen molar-refractivity contribution in [2.45, 2.75) is 6.92 Å². The van der Waals surface area contributed by atoms with Gasteiger partial charge >= 0.3 is 0 Å². The molecule has 0 aliphatic rings. The maximum Gasteiger partial charge on any atom is 0.259 e. The molecule has 0 atom stereocenters. The zero-order valence-electron chi connectivity index (χ0n) is 11.9. The van der Waals surface area contributed by atoms with Crippen molar-refractivity contribution in [2.75, 3.05) is 11.9 Å². The molecule has 0 unspecified atom stereocenters. The lowest BCUT2D eigenvalue weighted by Gasteiger charge is -2.06. The predicted octanol–water partition coefficient (Wildman–Crippen LogP) is 3.90. The van der Waals surface area contributed by atoms with Crippen LogP contribution in [0.5, 0.6) is 0 Å².